The van der Waals surface area contributed by atoms with Crippen molar-refractivity contribution in [2.75, 3.05) is 18.0 Å². The second-order valence-electron chi connectivity index (χ2n) is 11.1. The van der Waals surface area contributed by atoms with Gasteiger partial charge in [-0.2, -0.15) is 0 Å². The van der Waals surface area contributed by atoms with Crippen LogP contribution in [0.1, 0.15) is 61.0 Å². The Morgan fingerprint density at radius 1 is 1.12 bits per heavy atom. The summed E-state index contributed by atoms with van der Waals surface area (Å²) in [5.41, 5.74) is 4.54. The van der Waals surface area contributed by atoms with Gasteiger partial charge in [0.05, 0.1) is 0 Å². The number of nitrogens with zero attached hydrogens (tertiary/aromatic N) is 3. The number of amides is 1. The molecular formula is C32H36ClFN4O2. The summed E-state index contributed by atoms with van der Waals surface area (Å²) >= 11 is 6.09. The van der Waals surface area contributed by atoms with E-state index in [4.69, 9.17) is 11.6 Å². The van der Waals surface area contributed by atoms with Gasteiger partial charge in [0.15, 0.2) is 11.6 Å². The number of nitrogens with one attached hydrogen (secondary N) is 1. The van der Waals surface area contributed by atoms with E-state index in [1.54, 1.807) is 18.3 Å². The molecule has 0 aliphatic carbocycles. The molecule has 2 unspecified atom stereocenters. The summed E-state index contributed by atoms with van der Waals surface area (Å²) < 4.78 is 15.0. The van der Waals surface area contributed by atoms with Crippen LogP contribution in [0.3, 0.4) is 0 Å². The Balaban J connectivity index is 1.13. The standard InChI is InChI=1S/C32H36ClFN4O2/c1-21(5-4-14-39)38-20-27-15-23(8-9-29(27)32(38)40)18-35-22(2)24-10-12-37(13-11-24)31-30(34)17-26(19-36-31)25-6-3-7-28(33)16-25/h3,6-9,14-17,19,21-22,24,35H,4-5,10-13,18,20H2,1-2H3. The molecule has 6 nitrogen and oxygen atoms in total. The predicted molar refractivity (Wildman–Crippen MR) is 157 cm³/mol. The highest BCUT2D eigenvalue weighted by molar-refractivity contribution is 6.30. The number of halogens is 2. The minimum atomic E-state index is -0.311. The fourth-order valence-electron chi connectivity index (χ4n) is 5.87. The largest absolute Gasteiger partial charge is 0.354 e. The number of fused-ring (bicyclic) bond motifs is 1. The molecule has 3 aromatic rings. The van der Waals surface area contributed by atoms with E-state index in [0.29, 0.717) is 47.8 Å². The molecule has 1 fully saturated rings. The lowest BCUT2D eigenvalue weighted by atomic mass is 9.90. The summed E-state index contributed by atoms with van der Waals surface area (Å²) in [5, 5.41) is 4.29. The average Bonchev–Trinajstić information content (AvgIpc) is 3.30. The number of rotatable bonds is 10. The molecule has 2 aromatic carbocycles. The van der Waals surface area contributed by atoms with Gasteiger partial charge in [-0.25, -0.2) is 9.37 Å². The molecule has 1 saturated heterocycles. The van der Waals surface area contributed by atoms with Crippen LogP contribution < -0.4 is 10.2 Å². The molecule has 0 saturated carbocycles. The van der Waals surface area contributed by atoms with Crippen molar-refractivity contribution in [1.82, 2.24) is 15.2 Å². The highest BCUT2D eigenvalue weighted by Crippen LogP contribution is 2.30. The molecule has 5 rings (SSSR count). The maximum atomic E-state index is 15.0. The number of carbonyl (C=O) groups excluding carboxylic acids is 2. The van der Waals surface area contributed by atoms with Crippen molar-refractivity contribution in [3.63, 3.8) is 0 Å². The molecule has 40 heavy (non-hydrogen) atoms. The normalized spacial score (nSPS) is 17.1. The van der Waals surface area contributed by atoms with Crippen LogP contribution in [0.5, 0.6) is 0 Å². The van der Waals surface area contributed by atoms with Crippen LogP contribution in [0.2, 0.25) is 5.02 Å². The van der Waals surface area contributed by atoms with Crippen LogP contribution in [-0.2, 0) is 17.9 Å². The van der Waals surface area contributed by atoms with Gasteiger partial charge in [0.2, 0.25) is 0 Å². The highest BCUT2D eigenvalue weighted by atomic mass is 35.5. The minimum Gasteiger partial charge on any atom is -0.354 e. The van der Waals surface area contributed by atoms with Gasteiger partial charge < -0.3 is 19.9 Å². The molecule has 1 amide bonds. The maximum absolute atomic E-state index is 15.0. The van der Waals surface area contributed by atoms with Crippen LogP contribution in [-0.4, -0.2) is 47.3 Å². The molecule has 2 atom stereocenters. The van der Waals surface area contributed by atoms with E-state index < -0.39 is 0 Å². The van der Waals surface area contributed by atoms with E-state index in [2.05, 4.69) is 23.3 Å². The van der Waals surface area contributed by atoms with Crippen LogP contribution in [0, 0.1) is 11.7 Å². The summed E-state index contributed by atoms with van der Waals surface area (Å²) in [4.78, 5) is 31.9. The molecular weight excluding hydrogens is 527 g/mol. The molecule has 0 radical (unpaired) electrons. The number of aromatic nitrogens is 1. The summed E-state index contributed by atoms with van der Waals surface area (Å²) in [6.07, 6.45) is 5.69. The summed E-state index contributed by atoms with van der Waals surface area (Å²) in [6.45, 7) is 7.06. The number of benzene rings is 2. The Hall–Kier alpha value is -3.29. The Labute approximate surface area is 240 Å². The second-order valence-corrected chi connectivity index (χ2v) is 11.5. The van der Waals surface area contributed by atoms with Crippen molar-refractivity contribution in [1.29, 1.82) is 0 Å². The third kappa shape index (κ3) is 6.21. The Morgan fingerprint density at radius 3 is 2.65 bits per heavy atom. The van der Waals surface area contributed by atoms with Crippen molar-refractivity contribution in [2.24, 2.45) is 5.92 Å². The monoisotopic (exact) mass is 562 g/mol. The van der Waals surface area contributed by atoms with Gasteiger partial charge in [-0.3, -0.25) is 4.79 Å². The molecule has 0 bridgehead atoms. The van der Waals surface area contributed by atoms with Crippen LogP contribution in [0.25, 0.3) is 11.1 Å². The zero-order chi connectivity index (χ0) is 28.2. The van der Waals surface area contributed by atoms with E-state index in [1.807, 2.05) is 47.1 Å². The lowest BCUT2D eigenvalue weighted by Gasteiger charge is -2.36. The number of pyridine rings is 1. The van der Waals surface area contributed by atoms with E-state index in [-0.39, 0.29) is 17.8 Å². The quantitative estimate of drug-likeness (QED) is 0.295. The zero-order valence-electron chi connectivity index (χ0n) is 23.1. The highest BCUT2D eigenvalue weighted by Gasteiger charge is 2.31. The first kappa shape index (κ1) is 28.2. The first-order valence-corrected chi connectivity index (χ1v) is 14.5. The van der Waals surface area contributed by atoms with Crippen LogP contribution in [0.4, 0.5) is 10.2 Å². The molecule has 2 aliphatic rings. The number of anilines is 1. The summed E-state index contributed by atoms with van der Waals surface area (Å²) in [5.74, 6) is 0.634. The van der Waals surface area contributed by atoms with Crippen molar-refractivity contribution in [3.05, 3.63) is 82.3 Å². The van der Waals surface area contributed by atoms with Gasteiger partial charge in [-0.1, -0.05) is 35.9 Å². The molecule has 3 heterocycles. The van der Waals surface area contributed by atoms with Gasteiger partial charge >= 0.3 is 0 Å². The van der Waals surface area contributed by atoms with Crippen molar-refractivity contribution in [3.8, 4) is 11.1 Å². The van der Waals surface area contributed by atoms with Crippen molar-refractivity contribution < 1.29 is 14.0 Å². The summed E-state index contributed by atoms with van der Waals surface area (Å²) in [7, 11) is 0. The fraction of sp³-hybridized carbons (Fsp3) is 0.406. The Morgan fingerprint density at radius 2 is 1.93 bits per heavy atom. The van der Waals surface area contributed by atoms with Crippen LogP contribution in [0.15, 0.2) is 54.7 Å². The van der Waals surface area contributed by atoms with E-state index in [1.165, 1.54) is 0 Å². The molecule has 2 aliphatic heterocycles. The third-order valence-electron chi connectivity index (χ3n) is 8.39. The second kappa shape index (κ2) is 12.5. The zero-order valence-corrected chi connectivity index (χ0v) is 23.8. The van der Waals surface area contributed by atoms with Gasteiger partial charge in [0.25, 0.3) is 5.91 Å². The molecule has 1 aromatic heterocycles. The maximum Gasteiger partial charge on any atom is 0.254 e. The smallest absolute Gasteiger partial charge is 0.254 e. The van der Waals surface area contributed by atoms with E-state index >= 15 is 4.39 Å². The Bertz CT molecular complexity index is 1370. The topological polar surface area (TPSA) is 65.5 Å². The number of carbonyl (C=O) groups is 2. The average molecular weight is 563 g/mol. The van der Waals surface area contributed by atoms with Gasteiger partial charge in [0.1, 0.15) is 6.29 Å². The first-order chi connectivity index (χ1) is 19.3. The number of piperidine rings is 1. The van der Waals surface area contributed by atoms with E-state index in [9.17, 15) is 9.59 Å². The van der Waals surface area contributed by atoms with Gasteiger partial charge in [-0.15, -0.1) is 0 Å². The van der Waals surface area contributed by atoms with Gasteiger partial charge in [-0.05, 0) is 80.0 Å². The number of hydrogen-bond acceptors (Lipinski definition) is 5. The van der Waals surface area contributed by atoms with Crippen LogP contribution >= 0.6 is 11.6 Å². The summed E-state index contributed by atoms with van der Waals surface area (Å²) in [6, 6.07) is 15.3. The molecule has 1 N–H and O–H groups in total. The minimum absolute atomic E-state index is 0.0436. The van der Waals surface area contributed by atoms with E-state index in [0.717, 1.165) is 61.0 Å². The van der Waals surface area contributed by atoms with Gasteiger partial charge in [0, 0.05) is 67.0 Å². The number of aldehydes is 1. The molecule has 0 spiro atoms. The lowest BCUT2D eigenvalue weighted by Crippen LogP contribution is -2.42. The molecule has 8 heteroatoms. The SMILES string of the molecule is CC(NCc1ccc2c(c1)CN(C(C)CCC=O)C2=O)C1CCN(c2ncc(-c3cccc(Cl)c3)cc2F)CC1. The van der Waals surface area contributed by atoms with Crippen molar-refractivity contribution >= 4 is 29.6 Å². The fourth-order valence-corrected chi connectivity index (χ4v) is 6.06. The Kier molecular flexibility index (Phi) is 8.81. The van der Waals surface area contributed by atoms with Crippen molar-refractivity contribution in [2.45, 2.75) is 64.7 Å². The molecule has 210 valence electrons. The first-order valence-electron chi connectivity index (χ1n) is 14.1. The number of hydrogen-bond donors (Lipinski definition) is 1. The third-order valence-corrected chi connectivity index (χ3v) is 8.63. The predicted octanol–water partition coefficient (Wildman–Crippen LogP) is 6.26. The lowest BCUT2D eigenvalue weighted by molar-refractivity contribution is -0.108.